The van der Waals surface area contributed by atoms with Crippen LogP contribution in [0.15, 0.2) is 27.1 Å². The first-order valence-corrected chi connectivity index (χ1v) is 7.52. The number of rotatable bonds is 6. The summed E-state index contributed by atoms with van der Waals surface area (Å²) in [4.78, 5) is 0. The molecule has 0 unspecified atom stereocenters. The molecule has 0 saturated heterocycles. The van der Waals surface area contributed by atoms with Crippen LogP contribution in [0, 0.1) is 5.82 Å². The van der Waals surface area contributed by atoms with E-state index in [-0.39, 0.29) is 5.82 Å². The summed E-state index contributed by atoms with van der Waals surface area (Å²) in [7, 11) is 0. The minimum atomic E-state index is -0.331. The van der Waals surface area contributed by atoms with E-state index in [1.165, 1.54) is 25.0 Å². The van der Waals surface area contributed by atoms with Gasteiger partial charge in [-0.1, -0.05) is 15.9 Å². The summed E-state index contributed by atoms with van der Waals surface area (Å²) < 4.78 is 19.5. The van der Waals surface area contributed by atoms with E-state index < -0.39 is 0 Å². The molecular formula is C14H15BrFN3O. The van der Waals surface area contributed by atoms with Crippen LogP contribution in [-0.4, -0.2) is 22.8 Å². The number of nitrogens with zero attached hydrogens (tertiary/aromatic N) is 2. The normalized spacial score (nSPS) is 14.7. The zero-order valence-corrected chi connectivity index (χ0v) is 12.5. The fraction of sp³-hybridized carbons (Fsp3) is 0.429. The van der Waals surface area contributed by atoms with E-state index in [0.717, 1.165) is 25.4 Å². The second-order valence-electron chi connectivity index (χ2n) is 4.99. The van der Waals surface area contributed by atoms with Crippen LogP contribution in [0.1, 0.15) is 25.2 Å². The lowest BCUT2D eigenvalue weighted by Crippen LogP contribution is -2.17. The van der Waals surface area contributed by atoms with E-state index in [1.54, 1.807) is 6.07 Å². The molecule has 0 bridgehead atoms. The van der Waals surface area contributed by atoms with E-state index in [4.69, 9.17) is 4.42 Å². The van der Waals surface area contributed by atoms with E-state index in [0.29, 0.717) is 21.8 Å². The fourth-order valence-electron chi connectivity index (χ4n) is 1.98. The summed E-state index contributed by atoms with van der Waals surface area (Å²) in [5.74, 6) is 0.621. The van der Waals surface area contributed by atoms with E-state index in [2.05, 4.69) is 31.4 Å². The van der Waals surface area contributed by atoms with Gasteiger partial charge >= 0.3 is 0 Å². The summed E-state index contributed by atoms with van der Waals surface area (Å²) in [6, 6.07) is 5.26. The Kier molecular flexibility index (Phi) is 4.12. The maximum Gasteiger partial charge on any atom is 0.247 e. The van der Waals surface area contributed by atoms with Crippen molar-refractivity contribution < 1.29 is 8.81 Å². The van der Waals surface area contributed by atoms with Crippen molar-refractivity contribution in [1.82, 2.24) is 15.5 Å². The van der Waals surface area contributed by atoms with Gasteiger partial charge in [-0.3, -0.25) is 0 Å². The average molecular weight is 340 g/mol. The van der Waals surface area contributed by atoms with Gasteiger partial charge in [0.15, 0.2) is 0 Å². The van der Waals surface area contributed by atoms with Crippen LogP contribution in [-0.2, 0) is 6.42 Å². The van der Waals surface area contributed by atoms with Crippen LogP contribution < -0.4 is 5.32 Å². The molecule has 1 fully saturated rings. The maximum atomic E-state index is 13.3. The minimum Gasteiger partial charge on any atom is -0.421 e. The number of aryl methyl sites for hydroxylation is 1. The molecule has 4 nitrogen and oxygen atoms in total. The molecule has 0 atom stereocenters. The highest BCUT2D eigenvalue weighted by atomic mass is 79.9. The van der Waals surface area contributed by atoms with Crippen LogP contribution in [0.25, 0.3) is 11.5 Å². The molecule has 106 valence electrons. The lowest BCUT2D eigenvalue weighted by atomic mass is 10.2. The van der Waals surface area contributed by atoms with Crippen molar-refractivity contribution in [2.45, 2.75) is 31.7 Å². The molecular weight excluding hydrogens is 325 g/mol. The van der Waals surface area contributed by atoms with Gasteiger partial charge in [0, 0.05) is 22.5 Å². The van der Waals surface area contributed by atoms with E-state index in [1.807, 2.05) is 0 Å². The van der Waals surface area contributed by atoms with Gasteiger partial charge in [0.1, 0.15) is 5.82 Å². The van der Waals surface area contributed by atoms with Crippen molar-refractivity contribution in [2.24, 2.45) is 0 Å². The summed E-state index contributed by atoms with van der Waals surface area (Å²) in [6.45, 7) is 0.966. The van der Waals surface area contributed by atoms with Gasteiger partial charge in [-0.15, -0.1) is 10.2 Å². The third kappa shape index (κ3) is 3.64. The van der Waals surface area contributed by atoms with Gasteiger partial charge in [-0.2, -0.15) is 0 Å². The summed E-state index contributed by atoms with van der Waals surface area (Å²) in [5.41, 5.74) is 0.590. The van der Waals surface area contributed by atoms with E-state index in [9.17, 15) is 4.39 Å². The first-order chi connectivity index (χ1) is 9.70. The molecule has 1 aliphatic carbocycles. The first kappa shape index (κ1) is 13.7. The molecule has 2 aromatic rings. The van der Waals surface area contributed by atoms with Gasteiger partial charge < -0.3 is 9.73 Å². The van der Waals surface area contributed by atoms with Crippen molar-refractivity contribution >= 4 is 15.9 Å². The van der Waals surface area contributed by atoms with Crippen molar-refractivity contribution in [1.29, 1.82) is 0 Å². The molecule has 0 radical (unpaired) electrons. The smallest absolute Gasteiger partial charge is 0.247 e. The Bertz CT molecular complexity index is 578. The Hall–Kier alpha value is -1.27. The molecule has 1 saturated carbocycles. The highest BCUT2D eigenvalue weighted by Crippen LogP contribution is 2.24. The quantitative estimate of drug-likeness (QED) is 0.820. The summed E-state index contributed by atoms with van der Waals surface area (Å²) in [5, 5.41) is 11.4. The molecule has 20 heavy (non-hydrogen) atoms. The Morgan fingerprint density at radius 1 is 1.30 bits per heavy atom. The zero-order chi connectivity index (χ0) is 13.9. The number of benzene rings is 1. The Morgan fingerprint density at radius 2 is 2.15 bits per heavy atom. The van der Waals surface area contributed by atoms with Crippen molar-refractivity contribution in [2.75, 3.05) is 6.54 Å². The topological polar surface area (TPSA) is 51.0 Å². The minimum absolute atomic E-state index is 0.331. The van der Waals surface area contributed by atoms with Crippen LogP contribution in [0.5, 0.6) is 0 Å². The lowest BCUT2D eigenvalue weighted by molar-refractivity contribution is 0.490. The van der Waals surface area contributed by atoms with Gasteiger partial charge in [0.25, 0.3) is 0 Å². The second kappa shape index (κ2) is 6.01. The molecule has 6 heteroatoms. The van der Waals surface area contributed by atoms with Crippen molar-refractivity contribution in [3.8, 4) is 11.5 Å². The molecule has 1 heterocycles. The van der Waals surface area contributed by atoms with Gasteiger partial charge in [-0.05, 0) is 44.0 Å². The van der Waals surface area contributed by atoms with Crippen molar-refractivity contribution in [3.63, 3.8) is 0 Å². The molecule has 0 amide bonds. The summed E-state index contributed by atoms with van der Waals surface area (Å²) in [6.07, 6.45) is 4.28. The molecule has 0 spiro atoms. The predicted octanol–water partition coefficient (Wildman–Crippen LogP) is 3.32. The predicted molar refractivity (Wildman–Crippen MR) is 76.7 cm³/mol. The number of halogens is 2. The van der Waals surface area contributed by atoms with Crippen LogP contribution in [0.3, 0.4) is 0 Å². The SMILES string of the molecule is Fc1cc(Br)cc(-c2nnc(CCCNC3CC3)o2)c1. The zero-order valence-electron chi connectivity index (χ0n) is 10.9. The molecule has 0 aliphatic heterocycles. The molecule has 1 aromatic heterocycles. The standard InChI is InChI=1S/C14H15BrFN3O/c15-10-6-9(7-11(16)8-10)14-19-18-13(20-14)2-1-5-17-12-3-4-12/h6-8,12,17H,1-5H2. The van der Waals surface area contributed by atoms with Crippen LogP contribution in [0.2, 0.25) is 0 Å². The maximum absolute atomic E-state index is 13.3. The third-order valence-electron chi connectivity index (χ3n) is 3.15. The Morgan fingerprint density at radius 3 is 2.90 bits per heavy atom. The Labute approximate surface area is 124 Å². The summed E-state index contributed by atoms with van der Waals surface area (Å²) >= 11 is 3.25. The number of aromatic nitrogens is 2. The lowest BCUT2D eigenvalue weighted by Gasteiger charge is -1.99. The van der Waals surface area contributed by atoms with Crippen molar-refractivity contribution in [3.05, 3.63) is 34.4 Å². The number of hydrogen-bond acceptors (Lipinski definition) is 4. The highest BCUT2D eigenvalue weighted by molar-refractivity contribution is 9.10. The fourth-order valence-corrected chi connectivity index (χ4v) is 2.45. The molecule has 1 aromatic carbocycles. The molecule has 3 rings (SSSR count). The highest BCUT2D eigenvalue weighted by Gasteiger charge is 2.19. The molecule has 1 N–H and O–H groups in total. The van der Waals surface area contributed by atoms with Crippen LogP contribution in [0.4, 0.5) is 4.39 Å². The van der Waals surface area contributed by atoms with Gasteiger partial charge in [0.2, 0.25) is 11.8 Å². The van der Waals surface area contributed by atoms with Gasteiger partial charge in [-0.25, -0.2) is 4.39 Å². The number of nitrogens with one attached hydrogen (secondary N) is 1. The first-order valence-electron chi connectivity index (χ1n) is 6.73. The second-order valence-corrected chi connectivity index (χ2v) is 5.91. The van der Waals surface area contributed by atoms with Crippen LogP contribution >= 0.6 is 15.9 Å². The van der Waals surface area contributed by atoms with Gasteiger partial charge in [0.05, 0.1) is 0 Å². The Balaban J connectivity index is 1.60. The average Bonchev–Trinajstić information content (AvgIpc) is 3.10. The largest absolute Gasteiger partial charge is 0.421 e. The monoisotopic (exact) mass is 339 g/mol. The molecule has 1 aliphatic rings. The number of hydrogen-bond donors (Lipinski definition) is 1. The van der Waals surface area contributed by atoms with E-state index >= 15 is 0 Å². The third-order valence-corrected chi connectivity index (χ3v) is 3.61.